The van der Waals surface area contributed by atoms with Crippen LogP contribution in [0.3, 0.4) is 0 Å². The number of carbonyl (C=O) groups is 2. The molecule has 0 spiro atoms. The normalized spacial score (nSPS) is 11.8. The van der Waals surface area contributed by atoms with Crippen LogP contribution in [-0.2, 0) is 9.59 Å². The molecule has 0 bridgehead atoms. The minimum atomic E-state index is -1.28. The summed E-state index contributed by atoms with van der Waals surface area (Å²) >= 11 is 0. The predicted molar refractivity (Wildman–Crippen MR) is 64.7 cm³/mol. The number of aromatic hydroxyl groups is 1. The van der Waals surface area contributed by atoms with Crippen molar-refractivity contribution >= 4 is 17.6 Å². The second-order valence-corrected chi connectivity index (χ2v) is 4.11. The highest BCUT2D eigenvalue weighted by Gasteiger charge is 2.18. The average molecular weight is 268 g/mol. The molecular formula is C12H18N3O4+. The van der Waals surface area contributed by atoms with Crippen LogP contribution in [0, 0.1) is 0 Å². The number of carboxylic acids is 1. The van der Waals surface area contributed by atoms with E-state index in [-0.39, 0.29) is 12.2 Å². The molecule has 0 aliphatic carbocycles. The summed E-state index contributed by atoms with van der Waals surface area (Å²) in [7, 11) is 0. The molecule has 1 atom stereocenters. The Morgan fingerprint density at radius 1 is 1.47 bits per heavy atom. The number of nitrogens with one attached hydrogen (secondary N) is 1. The third-order valence-electron chi connectivity index (χ3n) is 2.49. The first kappa shape index (κ1) is 14.9. The van der Waals surface area contributed by atoms with E-state index in [4.69, 9.17) is 0 Å². The number of aliphatic carboxylic acids is 1. The van der Waals surface area contributed by atoms with Gasteiger partial charge in [0.25, 0.3) is 0 Å². The van der Waals surface area contributed by atoms with E-state index in [0.29, 0.717) is 18.8 Å². The van der Waals surface area contributed by atoms with Gasteiger partial charge in [0.2, 0.25) is 5.91 Å². The number of carbonyl (C=O) groups excluding carboxylic acids is 2. The zero-order valence-corrected chi connectivity index (χ0v) is 10.5. The van der Waals surface area contributed by atoms with Crippen LogP contribution in [0.5, 0.6) is 5.75 Å². The van der Waals surface area contributed by atoms with Gasteiger partial charge in [0.1, 0.15) is 24.9 Å². The molecule has 1 aromatic rings. The molecule has 19 heavy (non-hydrogen) atoms. The van der Waals surface area contributed by atoms with Gasteiger partial charge in [-0.1, -0.05) is 6.07 Å². The van der Waals surface area contributed by atoms with E-state index in [9.17, 15) is 19.8 Å². The number of amides is 1. The van der Waals surface area contributed by atoms with Gasteiger partial charge in [-0.25, -0.2) is 0 Å². The van der Waals surface area contributed by atoms with Crippen molar-refractivity contribution in [2.45, 2.75) is 12.5 Å². The standard InChI is InChI=1S/C12H17N3O4/c13-4-5-14-10(12(18)19)7-11(17)15-8-2-1-3-9(16)6-8/h1-3,6,10,14,16H,4-5,7,13H2,(H,15,17)(H,18,19)/p+1/t10-/m1/s1. The maximum absolute atomic E-state index is 11.7. The topological polar surface area (TPSA) is 134 Å². The zero-order valence-electron chi connectivity index (χ0n) is 10.5. The summed E-state index contributed by atoms with van der Waals surface area (Å²) in [5, 5.41) is 24.1. The van der Waals surface area contributed by atoms with Crippen molar-refractivity contribution in [1.29, 1.82) is 0 Å². The number of phenols is 1. The smallest absolute Gasteiger partial charge is 0.230 e. The molecule has 1 aromatic carbocycles. The number of hydrogen-bond acceptors (Lipinski definition) is 4. The molecule has 1 amide bonds. The molecule has 0 radical (unpaired) electrons. The molecular weight excluding hydrogens is 250 g/mol. The predicted octanol–water partition coefficient (Wildman–Crippen LogP) is -3.36. The lowest BCUT2D eigenvalue weighted by Crippen LogP contribution is -2.95. The maximum Gasteiger partial charge on any atom is 0.230 e. The largest absolute Gasteiger partial charge is 0.544 e. The van der Waals surface area contributed by atoms with Gasteiger partial charge >= 0.3 is 0 Å². The van der Waals surface area contributed by atoms with Gasteiger partial charge in [-0.2, -0.15) is 0 Å². The highest BCUT2D eigenvalue weighted by molar-refractivity contribution is 5.93. The van der Waals surface area contributed by atoms with E-state index >= 15 is 0 Å². The monoisotopic (exact) mass is 268 g/mol. The van der Waals surface area contributed by atoms with Crippen LogP contribution >= 0.6 is 0 Å². The quantitative estimate of drug-likeness (QED) is 0.411. The summed E-state index contributed by atoms with van der Waals surface area (Å²) < 4.78 is 0. The molecule has 0 aromatic heterocycles. The molecule has 0 saturated heterocycles. The van der Waals surface area contributed by atoms with Gasteiger partial charge in [-0.15, -0.1) is 0 Å². The van der Waals surface area contributed by atoms with Gasteiger partial charge < -0.3 is 31.4 Å². The van der Waals surface area contributed by atoms with Crippen molar-refractivity contribution in [2.24, 2.45) is 0 Å². The Bertz CT molecular complexity index is 450. The van der Waals surface area contributed by atoms with E-state index in [0.717, 1.165) is 0 Å². The lowest BCUT2D eigenvalue weighted by atomic mass is 10.2. The van der Waals surface area contributed by atoms with Crippen molar-refractivity contribution in [1.82, 2.24) is 0 Å². The molecule has 0 aliphatic heterocycles. The van der Waals surface area contributed by atoms with E-state index < -0.39 is 17.9 Å². The van der Waals surface area contributed by atoms with Gasteiger partial charge in [0.15, 0.2) is 0 Å². The lowest BCUT2D eigenvalue weighted by molar-refractivity contribution is -0.695. The van der Waals surface area contributed by atoms with Crippen LogP contribution in [0.25, 0.3) is 0 Å². The van der Waals surface area contributed by atoms with E-state index in [1.54, 1.807) is 12.1 Å². The fourth-order valence-electron chi connectivity index (χ4n) is 1.58. The van der Waals surface area contributed by atoms with E-state index in [2.05, 4.69) is 11.1 Å². The second-order valence-electron chi connectivity index (χ2n) is 4.11. The SMILES string of the molecule is [NH3+]CC[NH2+][C@H](CC(=O)Nc1cccc(O)c1)C(=O)[O-]. The van der Waals surface area contributed by atoms with E-state index in [1.165, 1.54) is 17.4 Å². The number of phenolic OH excluding ortho intramolecular Hbond substituents is 1. The number of carboxylic acid groups (broad SMARTS) is 1. The van der Waals surface area contributed by atoms with Gasteiger partial charge in [0, 0.05) is 11.8 Å². The number of hydrogen-bond donors (Lipinski definition) is 4. The van der Waals surface area contributed by atoms with Crippen LogP contribution in [-0.4, -0.2) is 36.1 Å². The highest BCUT2D eigenvalue weighted by atomic mass is 16.4. The molecule has 0 saturated carbocycles. The lowest BCUT2D eigenvalue weighted by Gasteiger charge is -2.15. The highest BCUT2D eigenvalue weighted by Crippen LogP contribution is 2.15. The fourth-order valence-corrected chi connectivity index (χ4v) is 1.58. The third kappa shape index (κ3) is 5.36. The van der Waals surface area contributed by atoms with Gasteiger partial charge in [0.05, 0.1) is 12.4 Å². The van der Waals surface area contributed by atoms with Crippen LogP contribution < -0.4 is 21.5 Å². The number of anilines is 1. The third-order valence-corrected chi connectivity index (χ3v) is 2.49. The molecule has 7 N–H and O–H groups in total. The van der Waals surface area contributed by atoms with Crippen LogP contribution in [0.2, 0.25) is 0 Å². The Balaban J connectivity index is 2.55. The minimum absolute atomic E-state index is 0.0258. The van der Waals surface area contributed by atoms with Gasteiger partial charge in [-0.3, -0.25) is 4.79 Å². The zero-order chi connectivity index (χ0) is 14.3. The van der Waals surface area contributed by atoms with Crippen molar-refractivity contribution in [3.63, 3.8) is 0 Å². The van der Waals surface area contributed by atoms with Crippen LogP contribution in [0.15, 0.2) is 24.3 Å². The average Bonchev–Trinajstić information content (AvgIpc) is 2.34. The Labute approximate surface area is 110 Å². The summed E-state index contributed by atoms with van der Waals surface area (Å²) in [6, 6.07) is 5.10. The number of rotatable bonds is 7. The van der Waals surface area contributed by atoms with Crippen molar-refractivity contribution in [3.8, 4) is 5.75 Å². The summed E-state index contributed by atoms with van der Waals surface area (Å²) in [5.41, 5.74) is 4.02. The second kappa shape index (κ2) is 7.34. The molecule has 0 fully saturated rings. The number of quaternary nitrogens is 2. The molecule has 7 nitrogen and oxygen atoms in total. The first-order chi connectivity index (χ1) is 9.02. The minimum Gasteiger partial charge on any atom is -0.544 e. The molecule has 0 unspecified atom stereocenters. The Hall–Kier alpha value is -2.12. The van der Waals surface area contributed by atoms with E-state index in [1.807, 2.05) is 0 Å². The first-order valence-electron chi connectivity index (χ1n) is 5.95. The Kier molecular flexibility index (Phi) is 5.77. The van der Waals surface area contributed by atoms with Crippen molar-refractivity contribution in [2.75, 3.05) is 18.4 Å². The first-order valence-corrected chi connectivity index (χ1v) is 5.95. The molecule has 1 rings (SSSR count). The Morgan fingerprint density at radius 2 is 2.21 bits per heavy atom. The Morgan fingerprint density at radius 3 is 2.79 bits per heavy atom. The number of nitrogens with two attached hydrogens (primary N) is 1. The van der Waals surface area contributed by atoms with Gasteiger partial charge in [-0.05, 0) is 12.1 Å². The van der Waals surface area contributed by atoms with Crippen LogP contribution in [0.1, 0.15) is 6.42 Å². The molecule has 104 valence electrons. The summed E-state index contributed by atoms with van der Waals surface area (Å²) in [6.07, 6.45) is -0.196. The number of benzene rings is 1. The fraction of sp³-hybridized carbons (Fsp3) is 0.333. The molecule has 0 aliphatic rings. The summed E-state index contributed by atoms with van der Waals surface area (Å²) in [4.78, 5) is 22.5. The maximum atomic E-state index is 11.7. The summed E-state index contributed by atoms with van der Waals surface area (Å²) in [6.45, 7) is 1.08. The molecule has 0 heterocycles. The van der Waals surface area contributed by atoms with Crippen molar-refractivity contribution < 1.29 is 30.9 Å². The molecule has 7 heteroatoms. The van der Waals surface area contributed by atoms with Crippen LogP contribution in [0.4, 0.5) is 5.69 Å². The van der Waals surface area contributed by atoms with Crippen molar-refractivity contribution in [3.05, 3.63) is 24.3 Å². The summed E-state index contributed by atoms with van der Waals surface area (Å²) in [5.74, 6) is -1.70.